The molecule has 6 heteroatoms. The molecule has 0 radical (unpaired) electrons. The number of anilines is 1. The number of amides is 2. The molecule has 1 unspecified atom stereocenters. The van der Waals surface area contributed by atoms with Crippen molar-refractivity contribution >= 4 is 33.4 Å². The molecule has 1 fully saturated rings. The van der Waals surface area contributed by atoms with Crippen molar-refractivity contribution in [3.63, 3.8) is 0 Å². The third kappa shape index (κ3) is 2.48. The summed E-state index contributed by atoms with van der Waals surface area (Å²) in [5.74, 6) is -0.302. The standard InChI is InChI=1S/C12H13BrN2O3/c1-18-10-4-8(13)3-9(5-10)15-6-7(12(14)17)2-11(15)16/h3-5,7H,2,6H2,1H3,(H2,14,17). The number of ether oxygens (including phenoxy) is 1. The number of hydrogen-bond donors (Lipinski definition) is 1. The Hall–Kier alpha value is -1.56. The highest BCUT2D eigenvalue weighted by Crippen LogP contribution is 2.31. The molecule has 1 heterocycles. The highest BCUT2D eigenvalue weighted by atomic mass is 79.9. The van der Waals surface area contributed by atoms with Gasteiger partial charge >= 0.3 is 0 Å². The number of carbonyl (C=O) groups excluding carboxylic acids is 2. The minimum atomic E-state index is -0.437. The Morgan fingerprint density at radius 1 is 1.50 bits per heavy atom. The second-order valence-electron chi connectivity index (χ2n) is 4.16. The quantitative estimate of drug-likeness (QED) is 0.914. The number of primary amides is 1. The molecule has 2 rings (SSSR count). The van der Waals surface area contributed by atoms with Crippen LogP contribution in [0.5, 0.6) is 5.75 Å². The zero-order valence-corrected chi connectivity index (χ0v) is 11.4. The van der Waals surface area contributed by atoms with Gasteiger partial charge in [0.2, 0.25) is 11.8 Å². The van der Waals surface area contributed by atoms with E-state index in [2.05, 4.69) is 15.9 Å². The third-order valence-electron chi connectivity index (χ3n) is 2.93. The van der Waals surface area contributed by atoms with Crippen molar-refractivity contribution in [1.82, 2.24) is 0 Å². The second kappa shape index (κ2) is 4.97. The lowest BCUT2D eigenvalue weighted by molar-refractivity contribution is -0.123. The van der Waals surface area contributed by atoms with E-state index in [1.165, 1.54) is 0 Å². The third-order valence-corrected chi connectivity index (χ3v) is 3.39. The lowest BCUT2D eigenvalue weighted by Crippen LogP contribution is -2.28. The molecule has 1 aromatic rings. The number of nitrogens with two attached hydrogens (primary N) is 1. The molecule has 2 amide bonds. The Morgan fingerprint density at radius 3 is 2.78 bits per heavy atom. The van der Waals surface area contributed by atoms with E-state index in [1.807, 2.05) is 6.07 Å². The van der Waals surface area contributed by atoms with Crippen molar-refractivity contribution in [2.75, 3.05) is 18.6 Å². The molecule has 2 N–H and O–H groups in total. The molecule has 1 aromatic carbocycles. The maximum absolute atomic E-state index is 11.9. The Morgan fingerprint density at radius 2 is 2.22 bits per heavy atom. The smallest absolute Gasteiger partial charge is 0.227 e. The van der Waals surface area contributed by atoms with Gasteiger partial charge in [-0.3, -0.25) is 9.59 Å². The van der Waals surface area contributed by atoms with Gasteiger partial charge in [-0.05, 0) is 12.1 Å². The fourth-order valence-electron chi connectivity index (χ4n) is 1.97. The van der Waals surface area contributed by atoms with Crippen LogP contribution in [0.1, 0.15) is 6.42 Å². The predicted molar refractivity (Wildman–Crippen MR) is 70.3 cm³/mol. The molecule has 96 valence electrons. The number of nitrogens with zero attached hydrogens (tertiary/aromatic N) is 1. The highest BCUT2D eigenvalue weighted by Gasteiger charge is 2.34. The minimum absolute atomic E-state index is 0.0982. The zero-order valence-electron chi connectivity index (χ0n) is 9.85. The summed E-state index contributed by atoms with van der Waals surface area (Å²) in [6.07, 6.45) is 0.171. The van der Waals surface area contributed by atoms with Gasteiger partial charge in [0.15, 0.2) is 0 Å². The van der Waals surface area contributed by atoms with E-state index in [-0.39, 0.29) is 12.3 Å². The first-order valence-electron chi connectivity index (χ1n) is 5.45. The summed E-state index contributed by atoms with van der Waals surface area (Å²) in [5.41, 5.74) is 5.94. The van der Waals surface area contributed by atoms with Crippen molar-refractivity contribution in [3.05, 3.63) is 22.7 Å². The van der Waals surface area contributed by atoms with E-state index in [0.29, 0.717) is 18.0 Å². The summed E-state index contributed by atoms with van der Waals surface area (Å²) in [5, 5.41) is 0. The summed E-state index contributed by atoms with van der Waals surface area (Å²) < 4.78 is 5.96. The maximum atomic E-state index is 11.9. The Bertz CT molecular complexity index is 504. The lowest BCUT2D eigenvalue weighted by atomic mass is 10.1. The van der Waals surface area contributed by atoms with Crippen LogP contribution in [0, 0.1) is 5.92 Å². The summed E-state index contributed by atoms with van der Waals surface area (Å²) >= 11 is 3.36. The molecule has 5 nitrogen and oxygen atoms in total. The van der Waals surface area contributed by atoms with Gasteiger partial charge in [-0.2, -0.15) is 0 Å². The van der Waals surface area contributed by atoms with E-state index < -0.39 is 11.8 Å². The van der Waals surface area contributed by atoms with E-state index in [1.54, 1.807) is 24.1 Å². The van der Waals surface area contributed by atoms with Gasteiger partial charge < -0.3 is 15.4 Å². The second-order valence-corrected chi connectivity index (χ2v) is 5.07. The Kier molecular flexibility index (Phi) is 3.56. The molecule has 1 aliphatic rings. The maximum Gasteiger partial charge on any atom is 0.227 e. The van der Waals surface area contributed by atoms with Gasteiger partial charge in [-0.1, -0.05) is 15.9 Å². The van der Waals surface area contributed by atoms with Crippen molar-refractivity contribution in [2.45, 2.75) is 6.42 Å². The van der Waals surface area contributed by atoms with Crippen molar-refractivity contribution in [3.8, 4) is 5.75 Å². The van der Waals surface area contributed by atoms with Gasteiger partial charge in [0.05, 0.1) is 13.0 Å². The van der Waals surface area contributed by atoms with Crippen LogP contribution in [-0.2, 0) is 9.59 Å². The SMILES string of the molecule is COc1cc(Br)cc(N2CC(C(N)=O)CC2=O)c1. The Balaban J connectivity index is 2.29. The van der Waals surface area contributed by atoms with Crippen molar-refractivity contribution < 1.29 is 14.3 Å². The van der Waals surface area contributed by atoms with Gasteiger partial charge in [0, 0.05) is 29.2 Å². The van der Waals surface area contributed by atoms with E-state index in [9.17, 15) is 9.59 Å². The number of benzene rings is 1. The molecular weight excluding hydrogens is 300 g/mol. The minimum Gasteiger partial charge on any atom is -0.497 e. The highest BCUT2D eigenvalue weighted by molar-refractivity contribution is 9.10. The topological polar surface area (TPSA) is 72.6 Å². The van der Waals surface area contributed by atoms with Crippen molar-refractivity contribution in [1.29, 1.82) is 0 Å². The van der Waals surface area contributed by atoms with Gasteiger partial charge in [-0.15, -0.1) is 0 Å². The Labute approximate surface area is 113 Å². The predicted octanol–water partition coefficient (Wildman–Crippen LogP) is 1.30. The molecule has 1 aliphatic heterocycles. The van der Waals surface area contributed by atoms with Crippen LogP contribution in [0.2, 0.25) is 0 Å². The fraction of sp³-hybridized carbons (Fsp3) is 0.333. The average molecular weight is 313 g/mol. The lowest BCUT2D eigenvalue weighted by Gasteiger charge is -2.17. The molecule has 1 atom stereocenters. The van der Waals surface area contributed by atoms with Gasteiger partial charge in [-0.25, -0.2) is 0 Å². The molecule has 0 bridgehead atoms. The van der Waals surface area contributed by atoms with Crippen LogP contribution in [0.3, 0.4) is 0 Å². The van der Waals surface area contributed by atoms with Gasteiger partial charge in [0.1, 0.15) is 5.75 Å². The molecular formula is C12H13BrN2O3. The molecule has 0 aromatic heterocycles. The summed E-state index contributed by atoms with van der Waals surface area (Å²) in [7, 11) is 1.56. The summed E-state index contributed by atoms with van der Waals surface area (Å²) in [4.78, 5) is 24.5. The number of carbonyl (C=O) groups is 2. The first-order chi connectivity index (χ1) is 8.51. The molecule has 18 heavy (non-hydrogen) atoms. The number of methoxy groups -OCH3 is 1. The van der Waals surface area contributed by atoms with Crippen LogP contribution < -0.4 is 15.4 Å². The molecule has 0 saturated carbocycles. The zero-order chi connectivity index (χ0) is 13.3. The van der Waals surface area contributed by atoms with E-state index in [4.69, 9.17) is 10.5 Å². The summed E-state index contributed by atoms with van der Waals surface area (Å²) in [6.45, 7) is 0.327. The number of halogens is 1. The normalized spacial score (nSPS) is 19.1. The number of rotatable bonds is 3. The first kappa shape index (κ1) is 12.9. The average Bonchev–Trinajstić information content (AvgIpc) is 2.70. The molecule has 1 saturated heterocycles. The van der Waals surface area contributed by atoms with Gasteiger partial charge in [0.25, 0.3) is 0 Å². The fourth-order valence-corrected chi connectivity index (χ4v) is 2.43. The van der Waals surface area contributed by atoms with Crippen LogP contribution in [0.15, 0.2) is 22.7 Å². The monoisotopic (exact) mass is 312 g/mol. The largest absolute Gasteiger partial charge is 0.497 e. The van der Waals surface area contributed by atoms with Crippen LogP contribution in [0.25, 0.3) is 0 Å². The van der Waals surface area contributed by atoms with E-state index in [0.717, 1.165) is 4.47 Å². The van der Waals surface area contributed by atoms with Crippen LogP contribution >= 0.6 is 15.9 Å². The van der Waals surface area contributed by atoms with Crippen molar-refractivity contribution in [2.24, 2.45) is 11.7 Å². The summed E-state index contributed by atoms with van der Waals surface area (Å²) in [6, 6.07) is 5.37. The first-order valence-corrected chi connectivity index (χ1v) is 6.25. The molecule has 0 spiro atoms. The molecule has 0 aliphatic carbocycles. The van der Waals surface area contributed by atoms with E-state index >= 15 is 0 Å². The van der Waals surface area contributed by atoms with Crippen LogP contribution in [-0.4, -0.2) is 25.5 Å². The van der Waals surface area contributed by atoms with Crippen LogP contribution in [0.4, 0.5) is 5.69 Å². The number of hydrogen-bond acceptors (Lipinski definition) is 3.